The number of thiophene rings is 1. The summed E-state index contributed by atoms with van der Waals surface area (Å²) in [5.41, 5.74) is 0.583. The molecule has 0 fully saturated rings. The van der Waals surface area contributed by atoms with Gasteiger partial charge < -0.3 is 0 Å². The molecule has 1 N–H and O–H groups in total. The summed E-state index contributed by atoms with van der Waals surface area (Å²) < 4.78 is 26.9. The molecule has 0 unspecified atom stereocenters. The summed E-state index contributed by atoms with van der Waals surface area (Å²) in [5.74, 6) is 0. The fourth-order valence-corrected chi connectivity index (χ4v) is 4.06. The Hall–Kier alpha value is -0.390. The van der Waals surface area contributed by atoms with E-state index < -0.39 is 15.6 Å². The van der Waals surface area contributed by atoms with Crippen LogP contribution in [-0.2, 0) is 10.0 Å². The van der Waals surface area contributed by atoms with Gasteiger partial charge >= 0.3 is 0 Å². The van der Waals surface area contributed by atoms with Crippen LogP contribution in [0.4, 0.5) is 0 Å². The van der Waals surface area contributed by atoms with E-state index in [2.05, 4.69) is 4.72 Å². The zero-order valence-corrected chi connectivity index (χ0v) is 11.3. The van der Waals surface area contributed by atoms with E-state index in [0.29, 0.717) is 4.21 Å². The molecule has 3 nitrogen and oxygen atoms in total. The zero-order chi connectivity index (χ0) is 11.9. The van der Waals surface area contributed by atoms with Crippen molar-refractivity contribution in [2.75, 3.05) is 0 Å². The maximum Gasteiger partial charge on any atom is 0.250 e. The van der Waals surface area contributed by atoms with E-state index in [4.69, 9.17) is 0 Å². The molecule has 86 valence electrons. The first-order valence-corrected chi connectivity index (χ1v) is 7.03. The SMILES string of the molecule is Cc1cc(S(=O)(=O)NC(C)(C)C)sc1C. The van der Waals surface area contributed by atoms with Gasteiger partial charge in [-0.15, -0.1) is 11.3 Å². The third kappa shape index (κ3) is 3.29. The van der Waals surface area contributed by atoms with Gasteiger partial charge in [0.1, 0.15) is 4.21 Å². The lowest BCUT2D eigenvalue weighted by Crippen LogP contribution is -2.40. The monoisotopic (exact) mass is 247 g/mol. The van der Waals surface area contributed by atoms with Gasteiger partial charge in [0.15, 0.2) is 0 Å². The predicted molar refractivity (Wildman–Crippen MR) is 63.9 cm³/mol. The van der Waals surface area contributed by atoms with E-state index in [9.17, 15) is 8.42 Å². The minimum atomic E-state index is -3.35. The van der Waals surface area contributed by atoms with Gasteiger partial charge in [-0.1, -0.05) is 0 Å². The molecular weight excluding hydrogens is 230 g/mol. The molecule has 1 heterocycles. The van der Waals surface area contributed by atoms with Gasteiger partial charge in [-0.05, 0) is 46.2 Å². The molecule has 0 atom stereocenters. The molecular formula is C10H17NO2S2. The summed E-state index contributed by atoms with van der Waals surface area (Å²) in [6, 6.07) is 1.72. The molecule has 0 bridgehead atoms. The number of hydrogen-bond donors (Lipinski definition) is 1. The molecule has 0 aromatic carbocycles. The van der Waals surface area contributed by atoms with E-state index >= 15 is 0 Å². The molecule has 1 rings (SSSR count). The highest BCUT2D eigenvalue weighted by Crippen LogP contribution is 2.25. The van der Waals surface area contributed by atoms with Crippen molar-refractivity contribution in [2.45, 2.75) is 44.4 Å². The van der Waals surface area contributed by atoms with Gasteiger partial charge in [-0.25, -0.2) is 13.1 Å². The van der Waals surface area contributed by atoms with Crippen LogP contribution in [0.25, 0.3) is 0 Å². The third-order valence-corrected chi connectivity index (χ3v) is 5.23. The highest BCUT2D eigenvalue weighted by atomic mass is 32.2. The Morgan fingerprint density at radius 2 is 1.80 bits per heavy atom. The molecule has 0 aliphatic rings. The van der Waals surface area contributed by atoms with E-state index in [1.807, 2.05) is 34.6 Å². The summed E-state index contributed by atoms with van der Waals surface area (Å²) in [6.45, 7) is 9.34. The summed E-state index contributed by atoms with van der Waals surface area (Å²) in [7, 11) is -3.35. The standard InChI is InChI=1S/C10H17NO2S2/c1-7-6-9(14-8(7)2)15(12,13)11-10(3,4)5/h6,11H,1-5H3. The second-order valence-corrected chi connectivity index (χ2v) is 7.83. The average Bonchev–Trinajstić information content (AvgIpc) is 2.27. The fraction of sp³-hybridized carbons (Fsp3) is 0.600. The van der Waals surface area contributed by atoms with Gasteiger partial charge in [-0.3, -0.25) is 0 Å². The van der Waals surface area contributed by atoms with Crippen LogP contribution in [0.2, 0.25) is 0 Å². The average molecular weight is 247 g/mol. The Balaban J connectivity index is 3.07. The first-order chi connectivity index (χ1) is 6.62. The van der Waals surface area contributed by atoms with Crippen LogP contribution in [0.15, 0.2) is 10.3 Å². The lowest BCUT2D eigenvalue weighted by Gasteiger charge is -2.19. The molecule has 15 heavy (non-hydrogen) atoms. The van der Waals surface area contributed by atoms with Crippen molar-refractivity contribution in [1.82, 2.24) is 4.72 Å². The molecule has 0 aliphatic heterocycles. The van der Waals surface area contributed by atoms with Crippen molar-refractivity contribution in [3.8, 4) is 0 Å². The second kappa shape index (κ2) is 3.88. The first-order valence-electron chi connectivity index (χ1n) is 4.73. The van der Waals surface area contributed by atoms with E-state index in [0.717, 1.165) is 10.4 Å². The second-order valence-electron chi connectivity index (χ2n) is 4.66. The number of aryl methyl sites for hydroxylation is 2. The smallest absolute Gasteiger partial charge is 0.206 e. The molecule has 0 saturated heterocycles. The highest BCUT2D eigenvalue weighted by Gasteiger charge is 2.23. The predicted octanol–water partition coefficient (Wildman–Crippen LogP) is 2.44. The van der Waals surface area contributed by atoms with Gasteiger partial charge in [0.2, 0.25) is 0 Å². The van der Waals surface area contributed by atoms with Crippen molar-refractivity contribution in [3.05, 3.63) is 16.5 Å². The minimum Gasteiger partial charge on any atom is -0.206 e. The Labute approximate surface area is 95.6 Å². The molecule has 0 radical (unpaired) electrons. The Morgan fingerprint density at radius 3 is 2.13 bits per heavy atom. The Morgan fingerprint density at radius 1 is 1.27 bits per heavy atom. The molecule has 0 aliphatic carbocycles. The van der Waals surface area contributed by atoms with E-state index in [1.165, 1.54) is 11.3 Å². The van der Waals surface area contributed by atoms with Crippen molar-refractivity contribution in [1.29, 1.82) is 0 Å². The van der Waals surface area contributed by atoms with Crippen LogP contribution in [0.3, 0.4) is 0 Å². The van der Waals surface area contributed by atoms with Crippen LogP contribution >= 0.6 is 11.3 Å². The lowest BCUT2D eigenvalue weighted by molar-refractivity contribution is 0.492. The number of sulfonamides is 1. The first kappa shape index (κ1) is 12.7. The maximum absolute atomic E-state index is 11.9. The van der Waals surface area contributed by atoms with Crippen LogP contribution in [0.5, 0.6) is 0 Å². The van der Waals surface area contributed by atoms with Crippen LogP contribution in [0, 0.1) is 13.8 Å². The van der Waals surface area contributed by atoms with E-state index in [-0.39, 0.29) is 0 Å². The van der Waals surface area contributed by atoms with Crippen LogP contribution in [-0.4, -0.2) is 14.0 Å². The minimum absolute atomic E-state index is 0.396. The number of rotatable bonds is 2. The molecule has 0 saturated carbocycles. The van der Waals surface area contributed by atoms with Crippen molar-refractivity contribution < 1.29 is 8.42 Å². The van der Waals surface area contributed by atoms with Crippen molar-refractivity contribution >= 4 is 21.4 Å². The van der Waals surface area contributed by atoms with Crippen LogP contribution in [0.1, 0.15) is 31.2 Å². The molecule has 0 amide bonds. The highest BCUT2D eigenvalue weighted by molar-refractivity contribution is 7.91. The lowest BCUT2D eigenvalue weighted by atomic mass is 10.1. The molecule has 5 heteroatoms. The van der Waals surface area contributed by atoms with Gasteiger partial charge in [-0.2, -0.15) is 0 Å². The molecule has 1 aromatic heterocycles. The summed E-state index contributed by atoms with van der Waals surface area (Å²) in [5, 5.41) is 0. The normalized spacial score (nSPS) is 13.1. The van der Waals surface area contributed by atoms with Crippen molar-refractivity contribution in [3.63, 3.8) is 0 Å². The topological polar surface area (TPSA) is 46.2 Å². The summed E-state index contributed by atoms with van der Waals surface area (Å²) in [4.78, 5) is 1.05. The van der Waals surface area contributed by atoms with Gasteiger partial charge in [0, 0.05) is 10.4 Å². The Kier molecular flexibility index (Phi) is 3.28. The van der Waals surface area contributed by atoms with Gasteiger partial charge in [0.05, 0.1) is 0 Å². The van der Waals surface area contributed by atoms with Crippen molar-refractivity contribution in [2.24, 2.45) is 0 Å². The Bertz CT molecular complexity index is 433. The third-order valence-electron chi connectivity index (χ3n) is 1.85. The number of nitrogens with one attached hydrogen (secondary N) is 1. The summed E-state index contributed by atoms with van der Waals surface area (Å²) >= 11 is 1.31. The largest absolute Gasteiger partial charge is 0.250 e. The number of hydrogen-bond acceptors (Lipinski definition) is 3. The van der Waals surface area contributed by atoms with Gasteiger partial charge in [0.25, 0.3) is 10.0 Å². The maximum atomic E-state index is 11.9. The van der Waals surface area contributed by atoms with E-state index in [1.54, 1.807) is 6.07 Å². The summed E-state index contributed by atoms with van der Waals surface area (Å²) in [6.07, 6.45) is 0. The molecule has 0 spiro atoms. The van der Waals surface area contributed by atoms with Crippen LogP contribution < -0.4 is 4.72 Å². The zero-order valence-electron chi connectivity index (χ0n) is 9.71. The molecule has 1 aromatic rings. The quantitative estimate of drug-likeness (QED) is 0.872. The fourth-order valence-electron chi connectivity index (χ4n) is 1.13.